The van der Waals surface area contributed by atoms with Gasteiger partial charge in [0.25, 0.3) is 5.56 Å². The Morgan fingerprint density at radius 3 is 2.96 bits per heavy atom. The lowest BCUT2D eigenvalue weighted by Gasteiger charge is -2.13. The molecule has 2 heterocycles. The lowest BCUT2D eigenvalue weighted by atomic mass is 10.1. The van der Waals surface area contributed by atoms with Gasteiger partial charge in [-0.1, -0.05) is 30.7 Å². The maximum Gasteiger partial charge on any atom is 0.252 e. The van der Waals surface area contributed by atoms with Crippen molar-refractivity contribution in [1.82, 2.24) is 19.7 Å². The van der Waals surface area contributed by atoms with E-state index in [4.69, 9.17) is 16.3 Å². The minimum Gasteiger partial charge on any atom is -0.497 e. The second-order valence-electron chi connectivity index (χ2n) is 6.01. The Morgan fingerprint density at radius 2 is 2.23 bits per heavy atom. The van der Waals surface area contributed by atoms with E-state index in [1.807, 2.05) is 31.2 Å². The molecule has 1 atom stereocenters. The summed E-state index contributed by atoms with van der Waals surface area (Å²) < 4.78 is 6.95. The number of aromatic nitrogens is 4. The first-order valence-electron chi connectivity index (χ1n) is 8.19. The van der Waals surface area contributed by atoms with Gasteiger partial charge in [0, 0.05) is 31.3 Å². The summed E-state index contributed by atoms with van der Waals surface area (Å²) in [6, 6.07) is 9.21. The van der Waals surface area contributed by atoms with Crippen LogP contribution in [0, 0.1) is 0 Å². The van der Waals surface area contributed by atoms with Gasteiger partial charge in [0.1, 0.15) is 5.75 Å². The number of rotatable bonds is 7. The van der Waals surface area contributed by atoms with Gasteiger partial charge >= 0.3 is 0 Å². The molecule has 0 saturated heterocycles. The maximum atomic E-state index is 12.0. The number of hydrogen-bond acceptors (Lipinski definition) is 5. The molecule has 0 radical (unpaired) electrons. The Bertz CT molecular complexity index is 937. The van der Waals surface area contributed by atoms with Gasteiger partial charge in [-0.15, -0.1) is 0 Å². The summed E-state index contributed by atoms with van der Waals surface area (Å²) in [5.41, 5.74) is 1.51. The Kier molecular flexibility index (Phi) is 5.58. The van der Waals surface area contributed by atoms with E-state index >= 15 is 0 Å². The van der Waals surface area contributed by atoms with Crippen LogP contribution in [0.3, 0.4) is 0 Å². The molecular weight excluding hydrogens is 354 g/mol. The van der Waals surface area contributed by atoms with E-state index in [1.54, 1.807) is 24.2 Å². The van der Waals surface area contributed by atoms with Crippen LogP contribution in [0.4, 0.5) is 5.95 Å². The standard InChI is InChI=1S/C18H20ClN5O2/c1-12(10-24-11-14(19)9-21-24)16-7-17(25)23-18(22-16)20-8-13-4-3-5-15(6-13)26-2/h3-7,9,11-12H,8,10H2,1-2H3,(H2,20,22,23,25)/t12-/m0/s1. The van der Waals surface area contributed by atoms with E-state index in [-0.39, 0.29) is 11.5 Å². The lowest BCUT2D eigenvalue weighted by Crippen LogP contribution is -2.17. The summed E-state index contributed by atoms with van der Waals surface area (Å²) in [7, 11) is 1.63. The van der Waals surface area contributed by atoms with Crippen molar-refractivity contribution in [3.8, 4) is 5.75 Å². The highest BCUT2D eigenvalue weighted by Crippen LogP contribution is 2.17. The average molecular weight is 374 g/mol. The van der Waals surface area contributed by atoms with Crippen molar-refractivity contribution in [3.63, 3.8) is 0 Å². The van der Waals surface area contributed by atoms with Gasteiger partial charge < -0.3 is 10.1 Å². The molecule has 0 aliphatic heterocycles. The molecule has 1 aromatic carbocycles. The predicted octanol–water partition coefficient (Wildman–Crippen LogP) is 3.04. The van der Waals surface area contributed by atoms with Crippen LogP contribution in [-0.2, 0) is 13.1 Å². The fourth-order valence-corrected chi connectivity index (χ4v) is 2.75. The van der Waals surface area contributed by atoms with Crippen LogP contribution in [0.25, 0.3) is 0 Å². The van der Waals surface area contributed by atoms with Crippen LogP contribution in [0.15, 0.2) is 47.5 Å². The number of nitrogens with zero attached hydrogens (tertiary/aromatic N) is 3. The van der Waals surface area contributed by atoms with Crippen LogP contribution >= 0.6 is 11.6 Å². The predicted molar refractivity (Wildman–Crippen MR) is 101 cm³/mol. The minimum absolute atomic E-state index is 0.00522. The van der Waals surface area contributed by atoms with Crippen LogP contribution in [0.2, 0.25) is 5.02 Å². The molecule has 7 nitrogen and oxygen atoms in total. The highest BCUT2D eigenvalue weighted by Gasteiger charge is 2.11. The summed E-state index contributed by atoms with van der Waals surface area (Å²) in [4.78, 5) is 19.2. The maximum absolute atomic E-state index is 12.0. The molecule has 3 rings (SSSR count). The fraction of sp³-hybridized carbons (Fsp3) is 0.278. The molecule has 0 unspecified atom stereocenters. The molecular formula is C18H20ClN5O2. The quantitative estimate of drug-likeness (QED) is 0.665. The molecule has 26 heavy (non-hydrogen) atoms. The second-order valence-corrected chi connectivity index (χ2v) is 6.44. The summed E-state index contributed by atoms with van der Waals surface area (Å²) in [6.45, 7) is 3.09. The molecule has 8 heteroatoms. The third-order valence-corrected chi connectivity index (χ3v) is 4.12. The van der Waals surface area contributed by atoms with Gasteiger partial charge in [0.2, 0.25) is 5.95 Å². The molecule has 0 spiro atoms. The zero-order chi connectivity index (χ0) is 18.5. The minimum atomic E-state index is -0.200. The van der Waals surface area contributed by atoms with Gasteiger partial charge in [-0.25, -0.2) is 4.98 Å². The summed E-state index contributed by atoms with van der Waals surface area (Å²) >= 11 is 5.89. The van der Waals surface area contributed by atoms with Crippen molar-refractivity contribution >= 4 is 17.5 Å². The lowest BCUT2D eigenvalue weighted by molar-refractivity contribution is 0.414. The second kappa shape index (κ2) is 8.05. The zero-order valence-electron chi connectivity index (χ0n) is 14.6. The van der Waals surface area contributed by atoms with Gasteiger partial charge in [-0.05, 0) is 17.7 Å². The topological polar surface area (TPSA) is 84.8 Å². The molecule has 2 N–H and O–H groups in total. The van der Waals surface area contributed by atoms with E-state index in [9.17, 15) is 4.79 Å². The SMILES string of the molecule is COc1cccc(CNc2nc([C@@H](C)Cn3cc(Cl)cn3)cc(=O)[nH]2)c1. The molecule has 0 aliphatic rings. The van der Waals surface area contributed by atoms with Crippen LogP contribution < -0.4 is 15.6 Å². The highest BCUT2D eigenvalue weighted by atomic mass is 35.5. The Balaban J connectivity index is 1.71. The number of H-pyrrole nitrogens is 1. The van der Waals surface area contributed by atoms with Crippen molar-refractivity contribution in [2.45, 2.75) is 25.9 Å². The van der Waals surface area contributed by atoms with Crippen molar-refractivity contribution in [2.24, 2.45) is 0 Å². The summed E-state index contributed by atoms with van der Waals surface area (Å²) in [5, 5.41) is 7.89. The first-order valence-corrected chi connectivity index (χ1v) is 8.57. The number of methoxy groups -OCH3 is 1. The molecule has 0 amide bonds. The third-order valence-electron chi connectivity index (χ3n) is 3.92. The third kappa shape index (κ3) is 4.64. The van der Waals surface area contributed by atoms with Gasteiger partial charge in [-0.3, -0.25) is 14.5 Å². The van der Waals surface area contributed by atoms with Gasteiger partial charge in [-0.2, -0.15) is 5.10 Å². The monoisotopic (exact) mass is 373 g/mol. The number of benzene rings is 1. The van der Waals surface area contributed by atoms with Crippen LogP contribution in [0.5, 0.6) is 5.75 Å². The van der Waals surface area contributed by atoms with Gasteiger partial charge in [0.05, 0.1) is 24.0 Å². The Morgan fingerprint density at radius 1 is 1.38 bits per heavy atom. The average Bonchev–Trinajstić information content (AvgIpc) is 3.04. The summed E-state index contributed by atoms with van der Waals surface area (Å²) in [5.74, 6) is 1.22. The van der Waals surface area contributed by atoms with E-state index in [0.29, 0.717) is 29.8 Å². The number of hydrogen-bond donors (Lipinski definition) is 2. The number of nitrogens with one attached hydrogen (secondary N) is 2. The van der Waals surface area contributed by atoms with E-state index in [1.165, 1.54) is 6.07 Å². The van der Waals surface area contributed by atoms with E-state index in [0.717, 1.165) is 11.3 Å². The number of anilines is 1. The molecule has 0 bridgehead atoms. The highest BCUT2D eigenvalue weighted by molar-refractivity contribution is 6.30. The van der Waals surface area contributed by atoms with Gasteiger partial charge in [0.15, 0.2) is 0 Å². The molecule has 0 saturated carbocycles. The molecule has 3 aromatic rings. The van der Waals surface area contributed by atoms with Crippen molar-refractivity contribution in [1.29, 1.82) is 0 Å². The zero-order valence-corrected chi connectivity index (χ0v) is 15.3. The normalized spacial score (nSPS) is 12.0. The first-order chi connectivity index (χ1) is 12.5. The van der Waals surface area contributed by atoms with Crippen molar-refractivity contribution in [2.75, 3.05) is 12.4 Å². The van der Waals surface area contributed by atoms with E-state index in [2.05, 4.69) is 20.4 Å². The number of halogens is 1. The van der Waals surface area contributed by atoms with E-state index < -0.39 is 0 Å². The number of aromatic amines is 1. The molecule has 2 aromatic heterocycles. The molecule has 0 aliphatic carbocycles. The number of ether oxygens (including phenoxy) is 1. The Hall–Kier alpha value is -2.80. The molecule has 136 valence electrons. The smallest absolute Gasteiger partial charge is 0.252 e. The Labute approximate surface area is 156 Å². The van der Waals surface area contributed by atoms with Crippen LogP contribution in [0.1, 0.15) is 24.1 Å². The summed E-state index contributed by atoms with van der Waals surface area (Å²) in [6.07, 6.45) is 3.33. The van der Waals surface area contributed by atoms with Crippen molar-refractivity contribution in [3.05, 3.63) is 69.4 Å². The largest absolute Gasteiger partial charge is 0.497 e. The first kappa shape index (κ1) is 18.0. The van der Waals surface area contributed by atoms with Crippen molar-refractivity contribution < 1.29 is 4.74 Å². The molecule has 0 fully saturated rings. The fourth-order valence-electron chi connectivity index (χ4n) is 2.59. The van der Waals surface area contributed by atoms with Crippen LogP contribution in [-0.4, -0.2) is 26.9 Å².